The van der Waals surface area contributed by atoms with Gasteiger partial charge >= 0.3 is 0 Å². The first kappa shape index (κ1) is 14.9. The first-order valence-corrected chi connectivity index (χ1v) is 7.49. The van der Waals surface area contributed by atoms with Gasteiger partial charge in [0.1, 0.15) is 0 Å². The summed E-state index contributed by atoms with van der Waals surface area (Å²) in [5.41, 5.74) is 1.80. The predicted octanol–water partition coefficient (Wildman–Crippen LogP) is 2.76. The van der Waals surface area contributed by atoms with E-state index in [-0.39, 0.29) is 12.0 Å². The average molecular weight is 276 g/mol. The van der Waals surface area contributed by atoms with Gasteiger partial charge in [0.25, 0.3) is 5.91 Å². The van der Waals surface area contributed by atoms with Gasteiger partial charge in [0.15, 0.2) is 0 Å². The van der Waals surface area contributed by atoms with E-state index in [1.54, 1.807) is 0 Å². The number of nitrogens with one attached hydrogen (secondary N) is 1. The van der Waals surface area contributed by atoms with Gasteiger partial charge in [-0.3, -0.25) is 4.79 Å². The van der Waals surface area contributed by atoms with Crippen LogP contribution >= 0.6 is 0 Å². The number of rotatable bonds is 5. The highest BCUT2D eigenvalue weighted by Gasteiger charge is 2.24. The number of benzene rings is 1. The third kappa shape index (κ3) is 3.73. The van der Waals surface area contributed by atoms with Crippen LogP contribution in [0.4, 0.5) is 5.69 Å². The number of nitrogens with zero attached hydrogens (tertiary/aromatic N) is 1. The van der Waals surface area contributed by atoms with Gasteiger partial charge in [0.05, 0.1) is 6.10 Å². The summed E-state index contributed by atoms with van der Waals surface area (Å²) in [6, 6.07) is 7.71. The molecular weight excluding hydrogens is 252 g/mol. The molecular formula is C16H24N2O2. The third-order valence-electron chi connectivity index (χ3n) is 3.58. The van der Waals surface area contributed by atoms with Gasteiger partial charge in [-0.1, -0.05) is 0 Å². The molecule has 4 heteroatoms. The minimum atomic E-state index is 0.109. The molecule has 1 aliphatic rings. The standard InChI is InChI=1S/C16H24N2O2/c1-3-17-14-9-7-13(8-10-14)16(19)18-11-5-6-15(12-18)20-4-2/h7-10,15,17H,3-6,11-12H2,1-2H3. The van der Waals surface area contributed by atoms with Crippen molar-refractivity contribution in [2.24, 2.45) is 0 Å². The van der Waals surface area contributed by atoms with Crippen LogP contribution in [-0.2, 0) is 4.74 Å². The van der Waals surface area contributed by atoms with Crippen molar-refractivity contribution in [1.82, 2.24) is 4.90 Å². The molecule has 1 amide bonds. The van der Waals surface area contributed by atoms with E-state index in [1.165, 1.54) is 0 Å². The molecule has 0 saturated carbocycles. The van der Waals surface area contributed by atoms with E-state index in [2.05, 4.69) is 12.2 Å². The Balaban J connectivity index is 1.99. The molecule has 1 aromatic rings. The van der Waals surface area contributed by atoms with Crippen LogP contribution in [0.25, 0.3) is 0 Å². The first-order chi connectivity index (χ1) is 9.74. The Morgan fingerprint density at radius 3 is 2.75 bits per heavy atom. The van der Waals surface area contributed by atoms with Crippen molar-refractivity contribution in [3.63, 3.8) is 0 Å². The van der Waals surface area contributed by atoms with Crippen LogP contribution in [0, 0.1) is 0 Å². The number of piperidine rings is 1. The highest BCUT2D eigenvalue weighted by atomic mass is 16.5. The summed E-state index contributed by atoms with van der Waals surface area (Å²) in [5, 5.41) is 3.23. The molecule has 1 unspecified atom stereocenters. The second-order valence-electron chi connectivity index (χ2n) is 5.08. The molecule has 110 valence electrons. The minimum absolute atomic E-state index is 0.109. The summed E-state index contributed by atoms with van der Waals surface area (Å²) >= 11 is 0. The van der Waals surface area contributed by atoms with Crippen LogP contribution in [-0.4, -0.2) is 43.2 Å². The van der Waals surface area contributed by atoms with Gasteiger partial charge in [-0.15, -0.1) is 0 Å². The van der Waals surface area contributed by atoms with Gasteiger partial charge in [-0.25, -0.2) is 0 Å². The Kier molecular flexibility index (Phi) is 5.41. The molecule has 1 N–H and O–H groups in total. The van der Waals surface area contributed by atoms with Crippen molar-refractivity contribution < 1.29 is 9.53 Å². The molecule has 1 aliphatic heterocycles. The number of ether oxygens (including phenoxy) is 1. The summed E-state index contributed by atoms with van der Waals surface area (Å²) in [7, 11) is 0. The van der Waals surface area contributed by atoms with E-state index in [0.29, 0.717) is 13.2 Å². The van der Waals surface area contributed by atoms with Gasteiger partial charge in [0, 0.05) is 37.5 Å². The normalized spacial score (nSPS) is 18.9. The largest absolute Gasteiger partial charge is 0.385 e. The number of likely N-dealkylation sites (tertiary alicyclic amines) is 1. The monoisotopic (exact) mass is 276 g/mol. The molecule has 2 rings (SSSR count). The number of hydrogen-bond donors (Lipinski definition) is 1. The topological polar surface area (TPSA) is 41.6 Å². The molecule has 1 fully saturated rings. The summed E-state index contributed by atoms with van der Waals surface area (Å²) in [6.07, 6.45) is 2.27. The van der Waals surface area contributed by atoms with E-state index in [9.17, 15) is 4.79 Å². The SMILES string of the molecule is CCNc1ccc(C(=O)N2CCCC(OCC)C2)cc1. The van der Waals surface area contributed by atoms with Crippen molar-refractivity contribution in [2.75, 3.05) is 31.6 Å². The summed E-state index contributed by atoms with van der Waals surface area (Å²) in [5.74, 6) is 0.109. The molecule has 4 nitrogen and oxygen atoms in total. The van der Waals surface area contributed by atoms with E-state index in [4.69, 9.17) is 4.74 Å². The van der Waals surface area contributed by atoms with E-state index < -0.39 is 0 Å². The van der Waals surface area contributed by atoms with Crippen LogP contribution in [0.3, 0.4) is 0 Å². The van der Waals surface area contributed by atoms with Crippen molar-refractivity contribution in [3.05, 3.63) is 29.8 Å². The van der Waals surface area contributed by atoms with Gasteiger partial charge in [-0.2, -0.15) is 0 Å². The maximum absolute atomic E-state index is 12.5. The fourth-order valence-corrected chi connectivity index (χ4v) is 2.61. The smallest absolute Gasteiger partial charge is 0.253 e. The van der Waals surface area contributed by atoms with Crippen LogP contribution in [0.15, 0.2) is 24.3 Å². The quantitative estimate of drug-likeness (QED) is 0.899. The Morgan fingerprint density at radius 1 is 1.35 bits per heavy atom. The van der Waals surface area contributed by atoms with Crippen LogP contribution in [0.5, 0.6) is 0 Å². The number of carbonyl (C=O) groups is 1. The second kappa shape index (κ2) is 7.29. The second-order valence-corrected chi connectivity index (χ2v) is 5.08. The molecule has 0 bridgehead atoms. The van der Waals surface area contributed by atoms with Crippen molar-refractivity contribution in [3.8, 4) is 0 Å². The molecule has 1 heterocycles. The number of anilines is 1. The summed E-state index contributed by atoms with van der Waals surface area (Å²) < 4.78 is 5.65. The molecule has 20 heavy (non-hydrogen) atoms. The fraction of sp³-hybridized carbons (Fsp3) is 0.562. The zero-order valence-corrected chi connectivity index (χ0v) is 12.4. The van der Waals surface area contributed by atoms with Gasteiger partial charge in [-0.05, 0) is 51.0 Å². The van der Waals surface area contributed by atoms with Gasteiger partial charge < -0.3 is 15.0 Å². The summed E-state index contributed by atoms with van der Waals surface area (Å²) in [6.45, 7) is 7.19. The Morgan fingerprint density at radius 2 is 2.10 bits per heavy atom. The number of carbonyl (C=O) groups excluding carboxylic acids is 1. The van der Waals surface area contributed by atoms with E-state index in [0.717, 1.165) is 37.2 Å². The molecule has 1 saturated heterocycles. The molecule has 0 aliphatic carbocycles. The molecule has 0 aromatic heterocycles. The molecule has 0 spiro atoms. The zero-order chi connectivity index (χ0) is 14.4. The fourth-order valence-electron chi connectivity index (χ4n) is 2.61. The Bertz CT molecular complexity index is 429. The van der Waals surface area contributed by atoms with Crippen LogP contribution < -0.4 is 5.32 Å². The minimum Gasteiger partial charge on any atom is -0.385 e. The van der Waals surface area contributed by atoms with Crippen molar-refractivity contribution in [1.29, 1.82) is 0 Å². The lowest BCUT2D eigenvalue weighted by Gasteiger charge is -2.32. The van der Waals surface area contributed by atoms with Crippen LogP contribution in [0.1, 0.15) is 37.0 Å². The van der Waals surface area contributed by atoms with Crippen molar-refractivity contribution in [2.45, 2.75) is 32.8 Å². The molecule has 0 radical (unpaired) electrons. The Labute approximate surface area is 121 Å². The lowest BCUT2D eigenvalue weighted by Crippen LogP contribution is -2.43. The zero-order valence-electron chi connectivity index (χ0n) is 12.4. The highest BCUT2D eigenvalue weighted by molar-refractivity contribution is 5.94. The Hall–Kier alpha value is -1.55. The third-order valence-corrected chi connectivity index (χ3v) is 3.58. The molecule has 1 aromatic carbocycles. The maximum Gasteiger partial charge on any atom is 0.253 e. The van der Waals surface area contributed by atoms with Crippen molar-refractivity contribution >= 4 is 11.6 Å². The lowest BCUT2D eigenvalue weighted by molar-refractivity contribution is 0.00724. The lowest BCUT2D eigenvalue weighted by atomic mass is 10.1. The highest BCUT2D eigenvalue weighted by Crippen LogP contribution is 2.17. The number of amides is 1. The summed E-state index contributed by atoms with van der Waals surface area (Å²) in [4.78, 5) is 14.4. The van der Waals surface area contributed by atoms with E-state index in [1.807, 2.05) is 36.1 Å². The first-order valence-electron chi connectivity index (χ1n) is 7.49. The van der Waals surface area contributed by atoms with Crippen LogP contribution in [0.2, 0.25) is 0 Å². The average Bonchev–Trinajstić information content (AvgIpc) is 2.48. The van der Waals surface area contributed by atoms with E-state index >= 15 is 0 Å². The maximum atomic E-state index is 12.5. The predicted molar refractivity (Wildman–Crippen MR) is 81.2 cm³/mol. The molecule has 1 atom stereocenters. The van der Waals surface area contributed by atoms with Gasteiger partial charge in [0.2, 0.25) is 0 Å². The number of hydrogen-bond acceptors (Lipinski definition) is 3.